The summed E-state index contributed by atoms with van der Waals surface area (Å²) in [7, 11) is -3.03. The Morgan fingerprint density at radius 3 is 2.62 bits per heavy atom. The van der Waals surface area contributed by atoms with Crippen LogP contribution in [0.25, 0.3) is 11.0 Å². The molecule has 2 heterocycles. The molecule has 29 heavy (non-hydrogen) atoms. The molecule has 1 saturated carbocycles. The number of furan rings is 1. The number of rotatable bonds is 6. The van der Waals surface area contributed by atoms with E-state index in [0.29, 0.717) is 6.42 Å². The van der Waals surface area contributed by atoms with E-state index >= 15 is 0 Å². The maximum Gasteiger partial charge on any atom is 0.237 e. The van der Waals surface area contributed by atoms with Gasteiger partial charge in [-0.05, 0) is 38.3 Å². The first-order valence-electron chi connectivity index (χ1n) is 10.7. The van der Waals surface area contributed by atoms with Gasteiger partial charge in [0.25, 0.3) is 0 Å². The van der Waals surface area contributed by atoms with Gasteiger partial charge in [-0.25, -0.2) is 8.42 Å². The summed E-state index contributed by atoms with van der Waals surface area (Å²) in [6, 6.07) is 9.73. The van der Waals surface area contributed by atoms with E-state index in [1.807, 2.05) is 42.2 Å². The number of nitrogens with zero attached hydrogens (tertiary/aromatic N) is 1. The lowest BCUT2D eigenvalue weighted by Gasteiger charge is -2.38. The molecule has 0 radical (unpaired) electrons. The van der Waals surface area contributed by atoms with E-state index < -0.39 is 9.84 Å². The normalized spacial score (nSPS) is 23.3. The third kappa shape index (κ3) is 4.67. The van der Waals surface area contributed by atoms with Gasteiger partial charge in [0.15, 0.2) is 9.84 Å². The summed E-state index contributed by atoms with van der Waals surface area (Å²) in [5.74, 6) is 1.10. The Labute approximate surface area is 172 Å². The van der Waals surface area contributed by atoms with Crippen LogP contribution in [0.3, 0.4) is 0 Å². The number of sulfone groups is 1. The van der Waals surface area contributed by atoms with Crippen molar-refractivity contribution < 1.29 is 17.6 Å². The van der Waals surface area contributed by atoms with Crippen molar-refractivity contribution in [2.24, 2.45) is 0 Å². The first-order chi connectivity index (χ1) is 13.9. The van der Waals surface area contributed by atoms with Crippen LogP contribution in [0.2, 0.25) is 0 Å². The molecular weight excluding hydrogens is 388 g/mol. The van der Waals surface area contributed by atoms with Crippen LogP contribution >= 0.6 is 0 Å². The largest absolute Gasteiger partial charge is 0.459 e. The van der Waals surface area contributed by atoms with Crippen molar-refractivity contribution in [3.8, 4) is 0 Å². The minimum Gasteiger partial charge on any atom is -0.459 e. The molecular formula is C22H30N2O4S. The van der Waals surface area contributed by atoms with E-state index in [2.05, 4.69) is 5.32 Å². The van der Waals surface area contributed by atoms with Gasteiger partial charge in [0.1, 0.15) is 11.3 Å². The van der Waals surface area contributed by atoms with Gasteiger partial charge in [-0.1, -0.05) is 37.5 Å². The third-order valence-electron chi connectivity index (χ3n) is 6.29. The fraction of sp³-hybridized carbons (Fsp3) is 0.591. The van der Waals surface area contributed by atoms with Gasteiger partial charge in [0.05, 0.1) is 24.1 Å². The van der Waals surface area contributed by atoms with Gasteiger partial charge < -0.3 is 9.32 Å². The van der Waals surface area contributed by atoms with Crippen molar-refractivity contribution in [3.63, 3.8) is 0 Å². The lowest BCUT2D eigenvalue weighted by Crippen LogP contribution is -2.51. The Morgan fingerprint density at radius 1 is 1.17 bits per heavy atom. The van der Waals surface area contributed by atoms with Crippen molar-refractivity contribution in [3.05, 3.63) is 36.1 Å². The number of benzene rings is 1. The Morgan fingerprint density at radius 2 is 1.93 bits per heavy atom. The predicted molar refractivity (Wildman–Crippen MR) is 113 cm³/mol. The minimum absolute atomic E-state index is 0.00182. The molecule has 2 aromatic rings. The standard InChI is InChI=1S/C22H30N2O4S/c1-16(21-13-17-7-5-6-10-20(17)28-21)23-14-22(25)24(18-8-3-2-4-9-18)19-11-12-29(26,27)15-19/h5-7,10,13,16,18-19,23H,2-4,8-9,11-12,14-15H2,1H3. The van der Waals surface area contributed by atoms with Crippen molar-refractivity contribution >= 4 is 26.7 Å². The molecule has 2 aliphatic rings. The predicted octanol–water partition coefficient (Wildman–Crippen LogP) is 3.43. The minimum atomic E-state index is -3.03. The summed E-state index contributed by atoms with van der Waals surface area (Å²) in [6.45, 7) is 2.17. The van der Waals surface area contributed by atoms with E-state index in [-0.39, 0.29) is 42.1 Å². The molecule has 1 amide bonds. The zero-order valence-corrected chi connectivity index (χ0v) is 17.8. The maximum absolute atomic E-state index is 13.2. The molecule has 1 aliphatic heterocycles. The molecule has 6 nitrogen and oxygen atoms in total. The third-order valence-corrected chi connectivity index (χ3v) is 8.04. The molecule has 1 aromatic heterocycles. The van der Waals surface area contributed by atoms with E-state index in [4.69, 9.17) is 4.42 Å². The monoisotopic (exact) mass is 418 g/mol. The summed E-state index contributed by atoms with van der Waals surface area (Å²) >= 11 is 0. The smallest absolute Gasteiger partial charge is 0.237 e. The average molecular weight is 419 g/mol. The number of hydrogen-bond acceptors (Lipinski definition) is 5. The summed E-state index contributed by atoms with van der Waals surface area (Å²) in [5, 5.41) is 4.33. The highest BCUT2D eigenvalue weighted by atomic mass is 32.2. The topological polar surface area (TPSA) is 79.6 Å². The zero-order valence-electron chi connectivity index (χ0n) is 17.0. The van der Waals surface area contributed by atoms with Crippen LogP contribution in [-0.4, -0.2) is 49.4 Å². The molecule has 158 valence electrons. The number of carbonyl (C=O) groups excluding carboxylic acids is 1. The number of para-hydroxylation sites is 1. The van der Waals surface area contributed by atoms with Gasteiger partial charge in [-0.15, -0.1) is 0 Å². The van der Waals surface area contributed by atoms with Crippen LogP contribution in [-0.2, 0) is 14.6 Å². The average Bonchev–Trinajstić information content (AvgIpc) is 3.30. The molecule has 7 heteroatoms. The van der Waals surface area contributed by atoms with Crippen LogP contribution in [0.1, 0.15) is 57.3 Å². The molecule has 1 aliphatic carbocycles. The Bertz CT molecular complexity index is 929. The second-order valence-corrected chi connectivity index (χ2v) is 10.7. The van der Waals surface area contributed by atoms with Crippen molar-refractivity contribution in [1.82, 2.24) is 10.2 Å². The fourth-order valence-corrected chi connectivity index (χ4v) is 6.42. The highest BCUT2D eigenvalue weighted by molar-refractivity contribution is 7.91. The van der Waals surface area contributed by atoms with Crippen LogP contribution in [0.15, 0.2) is 34.7 Å². The molecule has 0 spiro atoms. The van der Waals surface area contributed by atoms with Crippen molar-refractivity contribution in [1.29, 1.82) is 0 Å². The Balaban J connectivity index is 1.44. The first kappa shape index (κ1) is 20.4. The van der Waals surface area contributed by atoms with E-state index in [1.54, 1.807) is 0 Å². The molecule has 2 fully saturated rings. The van der Waals surface area contributed by atoms with Gasteiger partial charge in [0, 0.05) is 17.5 Å². The molecule has 4 rings (SSSR count). The van der Waals surface area contributed by atoms with Crippen LogP contribution in [0.4, 0.5) is 0 Å². The lowest BCUT2D eigenvalue weighted by molar-refractivity contribution is -0.135. The van der Waals surface area contributed by atoms with Crippen molar-refractivity contribution in [2.75, 3.05) is 18.1 Å². The SMILES string of the molecule is CC(NCC(=O)N(C1CCCCC1)C1CCS(=O)(=O)C1)c1cc2ccccc2o1. The second kappa shape index (κ2) is 8.48. The van der Waals surface area contributed by atoms with Crippen molar-refractivity contribution in [2.45, 2.75) is 63.6 Å². The number of carbonyl (C=O) groups is 1. The number of nitrogens with one attached hydrogen (secondary N) is 1. The molecule has 0 bridgehead atoms. The Kier molecular flexibility index (Phi) is 5.97. The van der Waals surface area contributed by atoms with Gasteiger partial charge in [-0.2, -0.15) is 0 Å². The highest BCUT2D eigenvalue weighted by Gasteiger charge is 2.38. The van der Waals surface area contributed by atoms with E-state index in [0.717, 1.165) is 42.4 Å². The molecule has 2 unspecified atom stereocenters. The zero-order chi connectivity index (χ0) is 20.4. The summed E-state index contributed by atoms with van der Waals surface area (Å²) in [4.78, 5) is 15.1. The summed E-state index contributed by atoms with van der Waals surface area (Å²) in [6.07, 6.45) is 5.92. The van der Waals surface area contributed by atoms with Crippen LogP contribution in [0, 0.1) is 0 Å². The second-order valence-electron chi connectivity index (χ2n) is 8.44. The summed E-state index contributed by atoms with van der Waals surface area (Å²) in [5.41, 5.74) is 0.836. The van der Waals surface area contributed by atoms with Gasteiger partial charge in [0.2, 0.25) is 5.91 Å². The number of amides is 1. The molecule has 1 aromatic carbocycles. The Hall–Kier alpha value is -1.86. The molecule has 2 atom stereocenters. The van der Waals surface area contributed by atoms with Crippen LogP contribution in [0.5, 0.6) is 0 Å². The molecule has 1 saturated heterocycles. The van der Waals surface area contributed by atoms with Crippen LogP contribution < -0.4 is 5.32 Å². The summed E-state index contributed by atoms with van der Waals surface area (Å²) < 4.78 is 29.9. The lowest BCUT2D eigenvalue weighted by atomic mass is 9.93. The quantitative estimate of drug-likeness (QED) is 0.777. The highest BCUT2D eigenvalue weighted by Crippen LogP contribution is 2.29. The van der Waals surface area contributed by atoms with Gasteiger partial charge in [-0.3, -0.25) is 10.1 Å². The number of fused-ring (bicyclic) bond motifs is 1. The maximum atomic E-state index is 13.2. The van der Waals surface area contributed by atoms with E-state index in [9.17, 15) is 13.2 Å². The number of hydrogen-bond donors (Lipinski definition) is 1. The molecule has 1 N–H and O–H groups in total. The van der Waals surface area contributed by atoms with E-state index in [1.165, 1.54) is 6.42 Å². The fourth-order valence-electron chi connectivity index (χ4n) is 4.71. The first-order valence-corrected chi connectivity index (χ1v) is 12.5. The van der Waals surface area contributed by atoms with Gasteiger partial charge >= 0.3 is 0 Å².